The van der Waals surface area contributed by atoms with Gasteiger partial charge in [0.05, 0.1) is 0 Å². The number of benzene rings is 1. The molecule has 1 rings (SSSR count). The van der Waals surface area contributed by atoms with E-state index in [1.54, 1.807) is 0 Å². The first-order chi connectivity index (χ1) is 9.06. The Morgan fingerprint density at radius 3 is 2.26 bits per heavy atom. The topological polar surface area (TPSA) is 29.1 Å². The fraction of sp³-hybridized carbons (Fsp3) is 0.625. The number of rotatable bonds is 8. The Labute approximate surface area is 120 Å². The molecule has 1 aromatic carbocycles. The monoisotopic (exact) mass is 281 g/mol. The van der Waals surface area contributed by atoms with Crippen molar-refractivity contribution in [3.8, 4) is 0 Å². The van der Waals surface area contributed by atoms with E-state index in [2.05, 4.69) is 50.4 Å². The minimum absolute atomic E-state index is 0.207. The lowest BCUT2D eigenvalue weighted by Crippen LogP contribution is -2.26. The first-order valence-electron chi connectivity index (χ1n) is 7.24. The van der Waals surface area contributed by atoms with E-state index < -0.39 is 10.8 Å². The van der Waals surface area contributed by atoms with Gasteiger partial charge in [0.2, 0.25) is 0 Å². The Bertz CT molecular complexity index is 386. The van der Waals surface area contributed by atoms with Crippen LogP contribution in [0.5, 0.6) is 0 Å². The molecule has 2 atom stereocenters. The third-order valence-corrected chi connectivity index (χ3v) is 4.50. The Morgan fingerprint density at radius 1 is 1.16 bits per heavy atom. The predicted octanol–water partition coefficient (Wildman–Crippen LogP) is 3.30. The van der Waals surface area contributed by atoms with E-state index >= 15 is 0 Å². The van der Waals surface area contributed by atoms with Crippen LogP contribution < -0.4 is 5.32 Å². The smallest absolute Gasteiger partial charge is 0.0436 e. The van der Waals surface area contributed by atoms with Gasteiger partial charge in [-0.25, -0.2) is 0 Å². The lowest BCUT2D eigenvalue weighted by atomic mass is 10.00. The second-order valence-electron chi connectivity index (χ2n) is 5.34. The van der Waals surface area contributed by atoms with Gasteiger partial charge in [0.1, 0.15) is 0 Å². The first kappa shape index (κ1) is 16.4. The van der Waals surface area contributed by atoms with Crippen LogP contribution in [0.25, 0.3) is 0 Å². The molecule has 1 aromatic rings. The van der Waals surface area contributed by atoms with E-state index in [9.17, 15) is 4.21 Å². The summed E-state index contributed by atoms with van der Waals surface area (Å²) in [5.74, 6) is 2.12. The van der Waals surface area contributed by atoms with Gasteiger partial charge < -0.3 is 5.32 Å². The molecule has 0 aliphatic heterocycles. The zero-order chi connectivity index (χ0) is 14.3. The van der Waals surface area contributed by atoms with Gasteiger partial charge >= 0.3 is 0 Å². The third kappa shape index (κ3) is 5.87. The van der Waals surface area contributed by atoms with E-state index in [1.165, 1.54) is 11.1 Å². The van der Waals surface area contributed by atoms with Crippen LogP contribution in [0.15, 0.2) is 24.3 Å². The molecular weight excluding hydrogens is 254 g/mol. The van der Waals surface area contributed by atoms with E-state index in [4.69, 9.17) is 0 Å². The highest BCUT2D eigenvalue weighted by atomic mass is 32.2. The standard InChI is InChI=1S/C16H27NOS/c1-5-17-16(12-19(18)6-2)15-9-7-14(8-10-15)11-13(3)4/h7-10,13,16-17H,5-6,11-12H2,1-4H3. The summed E-state index contributed by atoms with van der Waals surface area (Å²) in [7, 11) is -0.736. The molecule has 0 radical (unpaired) electrons. The predicted molar refractivity (Wildman–Crippen MR) is 85.0 cm³/mol. The highest BCUT2D eigenvalue weighted by Crippen LogP contribution is 2.17. The third-order valence-electron chi connectivity index (χ3n) is 3.15. The van der Waals surface area contributed by atoms with Crippen molar-refractivity contribution >= 4 is 10.8 Å². The van der Waals surface area contributed by atoms with Gasteiger partial charge in [0, 0.05) is 28.3 Å². The van der Waals surface area contributed by atoms with Crippen LogP contribution in [0.4, 0.5) is 0 Å². The molecule has 0 aliphatic carbocycles. The van der Waals surface area contributed by atoms with Crippen molar-refractivity contribution in [1.29, 1.82) is 0 Å². The van der Waals surface area contributed by atoms with E-state index in [1.807, 2.05) is 6.92 Å². The molecule has 2 unspecified atom stereocenters. The SMILES string of the molecule is CCNC(CS(=O)CC)c1ccc(CC(C)C)cc1. The van der Waals surface area contributed by atoms with E-state index in [0.29, 0.717) is 11.7 Å². The zero-order valence-electron chi connectivity index (χ0n) is 12.6. The second kappa shape index (κ2) is 8.49. The van der Waals surface area contributed by atoms with Crippen molar-refractivity contribution in [1.82, 2.24) is 5.32 Å². The highest BCUT2D eigenvalue weighted by Gasteiger charge is 2.13. The molecule has 0 fully saturated rings. The average Bonchev–Trinajstić information content (AvgIpc) is 2.38. The Kier molecular flexibility index (Phi) is 7.32. The molecule has 0 bridgehead atoms. The van der Waals surface area contributed by atoms with Gasteiger partial charge in [-0.2, -0.15) is 0 Å². The molecule has 0 aromatic heterocycles. The first-order valence-corrected chi connectivity index (χ1v) is 8.72. The molecule has 0 heterocycles. The summed E-state index contributed by atoms with van der Waals surface area (Å²) in [6.07, 6.45) is 1.12. The van der Waals surface area contributed by atoms with Crippen LogP contribution in [-0.2, 0) is 17.2 Å². The van der Waals surface area contributed by atoms with Crippen LogP contribution in [0.1, 0.15) is 44.9 Å². The Morgan fingerprint density at radius 2 is 1.79 bits per heavy atom. The maximum Gasteiger partial charge on any atom is 0.0436 e. The molecular formula is C16H27NOS. The second-order valence-corrected chi connectivity index (χ2v) is 7.14. The molecule has 3 heteroatoms. The van der Waals surface area contributed by atoms with Crippen molar-refractivity contribution < 1.29 is 4.21 Å². The number of hydrogen-bond donors (Lipinski definition) is 1. The van der Waals surface area contributed by atoms with Gasteiger partial charge in [-0.3, -0.25) is 4.21 Å². The average molecular weight is 281 g/mol. The summed E-state index contributed by atoms with van der Waals surface area (Å²) in [5, 5.41) is 3.43. The number of hydrogen-bond acceptors (Lipinski definition) is 2. The van der Waals surface area contributed by atoms with Crippen LogP contribution >= 0.6 is 0 Å². The number of nitrogens with one attached hydrogen (secondary N) is 1. The van der Waals surface area contributed by atoms with Crippen molar-refractivity contribution in [2.45, 2.75) is 40.2 Å². The van der Waals surface area contributed by atoms with Crippen LogP contribution in [0.3, 0.4) is 0 Å². The van der Waals surface area contributed by atoms with Gasteiger partial charge in [-0.1, -0.05) is 52.0 Å². The maximum atomic E-state index is 11.8. The summed E-state index contributed by atoms with van der Waals surface area (Å²) in [6.45, 7) is 9.44. The van der Waals surface area contributed by atoms with Crippen molar-refractivity contribution in [2.24, 2.45) is 5.92 Å². The Balaban J connectivity index is 2.76. The minimum atomic E-state index is -0.736. The molecule has 0 amide bonds. The minimum Gasteiger partial charge on any atom is -0.309 e. The normalized spacial score (nSPS) is 14.6. The largest absolute Gasteiger partial charge is 0.309 e. The molecule has 2 nitrogen and oxygen atoms in total. The quantitative estimate of drug-likeness (QED) is 0.792. The van der Waals surface area contributed by atoms with Gasteiger partial charge in [0.15, 0.2) is 0 Å². The molecule has 0 spiro atoms. The van der Waals surface area contributed by atoms with Crippen molar-refractivity contribution in [3.63, 3.8) is 0 Å². The molecule has 0 aliphatic rings. The summed E-state index contributed by atoms with van der Waals surface area (Å²) < 4.78 is 11.8. The summed E-state index contributed by atoms with van der Waals surface area (Å²) in [6, 6.07) is 8.97. The van der Waals surface area contributed by atoms with Gasteiger partial charge in [0.25, 0.3) is 0 Å². The summed E-state index contributed by atoms with van der Waals surface area (Å²) in [4.78, 5) is 0. The van der Waals surface area contributed by atoms with Crippen LogP contribution in [0.2, 0.25) is 0 Å². The van der Waals surface area contributed by atoms with Crippen molar-refractivity contribution in [3.05, 3.63) is 35.4 Å². The van der Waals surface area contributed by atoms with Gasteiger partial charge in [-0.15, -0.1) is 0 Å². The molecule has 108 valence electrons. The van der Waals surface area contributed by atoms with Crippen LogP contribution in [0, 0.1) is 5.92 Å². The van der Waals surface area contributed by atoms with Crippen LogP contribution in [-0.4, -0.2) is 22.3 Å². The molecule has 1 N–H and O–H groups in total. The lowest BCUT2D eigenvalue weighted by molar-refractivity contribution is 0.593. The fourth-order valence-electron chi connectivity index (χ4n) is 2.18. The highest BCUT2D eigenvalue weighted by molar-refractivity contribution is 7.84. The fourth-order valence-corrected chi connectivity index (χ4v) is 3.10. The molecule has 0 saturated heterocycles. The van der Waals surface area contributed by atoms with Gasteiger partial charge in [-0.05, 0) is 30.0 Å². The zero-order valence-corrected chi connectivity index (χ0v) is 13.4. The molecule has 19 heavy (non-hydrogen) atoms. The summed E-state index contributed by atoms with van der Waals surface area (Å²) in [5.41, 5.74) is 2.63. The van der Waals surface area contributed by atoms with E-state index in [-0.39, 0.29) is 6.04 Å². The lowest BCUT2D eigenvalue weighted by Gasteiger charge is -2.18. The summed E-state index contributed by atoms with van der Waals surface area (Å²) >= 11 is 0. The molecule has 0 saturated carbocycles. The maximum absolute atomic E-state index is 11.8. The Hall–Kier alpha value is -0.670. The van der Waals surface area contributed by atoms with Crippen molar-refractivity contribution in [2.75, 3.05) is 18.1 Å². The van der Waals surface area contributed by atoms with E-state index in [0.717, 1.165) is 18.7 Å².